The SMILES string of the molecule is C[C@@H]1CN(Cc2coc(-c3ccccc3)n2)CCN1C[C@@H](C)O. The summed E-state index contributed by atoms with van der Waals surface area (Å²) in [6.45, 7) is 8.58. The van der Waals surface area contributed by atoms with Crippen molar-refractivity contribution in [2.75, 3.05) is 26.2 Å². The largest absolute Gasteiger partial charge is 0.444 e. The van der Waals surface area contributed by atoms with Gasteiger partial charge in [-0.15, -0.1) is 0 Å². The summed E-state index contributed by atoms with van der Waals surface area (Å²) in [5, 5.41) is 9.56. The Morgan fingerprint density at radius 1 is 1.30 bits per heavy atom. The van der Waals surface area contributed by atoms with Crippen molar-refractivity contribution in [1.29, 1.82) is 0 Å². The molecule has 0 amide bonds. The summed E-state index contributed by atoms with van der Waals surface area (Å²) in [4.78, 5) is 9.35. The number of benzene rings is 1. The van der Waals surface area contributed by atoms with Gasteiger partial charge in [-0.3, -0.25) is 9.80 Å². The summed E-state index contributed by atoms with van der Waals surface area (Å²) in [7, 11) is 0. The van der Waals surface area contributed by atoms with Gasteiger partial charge in [-0.1, -0.05) is 18.2 Å². The van der Waals surface area contributed by atoms with E-state index in [1.54, 1.807) is 6.26 Å². The van der Waals surface area contributed by atoms with E-state index in [0.717, 1.165) is 44.0 Å². The fraction of sp³-hybridized carbons (Fsp3) is 0.500. The normalized spacial score (nSPS) is 21.4. The minimum Gasteiger partial charge on any atom is -0.444 e. The quantitative estimate of drug-likeness (QED) is 0.917. The van der Waals surface area contributed by atoms with Crippen molar-refractivity contribution in [3.05, 3.63) is 42.3 Å². The van der Waals surface area contributed by atoms with Gasteiger partial charge >= 0.3 is 0 Å². The van der Waals surface area contributed by atoms with Crippen LogP contribution in [-0.4, -0.2) is 58.2 Å². The van der Waals surface area contributed by atoms with E-state index in [1.807, 2.05) is 37.3 Å². The lowest BCUT2D eigenvalue weighted by Crippen LogP contribution is -2.53. The Kier molecular flexibility index (Phi) is 5.10. The molecule has 23 heavy (non-hydrogen) atoms. The second-order valence-corrected chi connectivity index (χ2v) is 6.44. The number of piperazine rings is 1. The topological polar surface area (TPSA) is 52.7 Å². The number of aliphatic hydroxyl groups excluding tert-OH is 1. The Balaban J connectivity index is 1.58. The minimum atomic E-state index is -0.270. The average Bonchev–Trinajstić information content (AvgIpc) is 2.99. The summed E-state index contributed by atoms with van der Waals surface area (Å²) in [6, 6.07) is 10.4. The first-order valence-corrected chi connectivity index (χ1v) is 8.26. The Hall–Kier alpha value is -1.69. The molecule has 1 aliphatic rings. The van der Waals surface area contributed by atoms with Crippen LogP contribution in [0.1, 0.15) is 19.5 Å². The van der Waals surface area contributed by atoms with Gasteiger partial charge in [0.1, 0.15) is 6.26 Å². The first kappa shape index (κ1) is 16.2. The lowest BCUT2D eigenvalue weighted by Gasteiger charge is -2.40. The van der Waals surface area contributed by atoms with Crippen LogP contribution in [-0.2, 0) is 6.54 Å². The molecule has 124 valence electrons. The number of aromatic nitrogens is 1. The molecule has 2 aromatic rings. The summed E-state index contributed by atoms with van der Waals surface area (Å²) >= 11 is 0. The van der Waals surface area contributed by atoms with Crippen LogP contribution in [0.2, 0.25) is 0 Å². The summed E-state index contributed by atoms with van der Waals surface area (Å²) < 4.78 is 5.61. The molecule has 1 fully saturated rings. The molecule has 3 rings (SSSR count). The number of rotatable bonds is 5. The van der Waals surface area contributed by atoms with Crippen molar-refractivity contribution in [3.8, 4) is 11.5 Å². The van der Waals surface area contributed by atoms with E-state index in [2.05, 4.69) is 21.7 Å². The van der Waals surface area contributed by atoms with Crippen LogP contribution in [0.25, 0.3) is 11.5 Å². The molecule has 0 unspecified atom stereocenters. The van der Waals surface area contributed by atoms with Gasteiger partial charge in [-0.05, 0) is 26.0 Å². The molecule has 0 spiro atoms. The zero-order valence-electron chi connectivity index (χ0n) is 13.9. The van der Waals surface area contributed by atoms with E-state index in [-0.39, 0.29) is 6.10 Å². The zero-order valence-corrected chi connectivity index (χ0v) is 13.9. The van der Waals surface area contributed by atoms with E-state index in [0.29, 0.717) is 11.9 Å². The molecule has 1 aromatic carbocycles. The maximum Gasteiger partial charge on any atom is 0.226 e. The molecule has 0 radical (unpaired) electrons. The summed E-state index contributed by atoms with van der Waals surface area (Å²) in [6.07, 6.45) is 1.49. The number of nitrogens with zero attached hydrogens (tertiary/aromatic N) is 3. The molecule has 0 aliphatic carbocycles. The molecule has 1 aromatic heterocycles. The minimum absolute atomic E-state index is 0.270. The van der Waals surface area contributed by atoms with Crippen molar-refractivity contribution in [2.24, 2.45) is 0 Å². The fourth-order valence-electron chi connectivity index (χ4n) is 3.15. The summed E-state index contributed by atoms with van der Waals surface area (Å²) in [5.74, 6) is 0.682. The third-order valence-corrected chi connectivity index (χ3v) is 4.31. The highest BCUT2D eigenvalue weighted by Crippen LogP contribution is 2.19. The van der Waals surface area contributed by atoms with Gasteiger partial charge in [0, 0.05) is 44.3 Å². The number of oxazole rings is 1. The van der Waals surface area contributed by atoms with E-state index in [4.69, 9.17) is 4.42 Å². The van der Waals surface area contributed by atoms with Crippen molar-refractivity contribution < 1.29 is 9.52 Å². The monoisotopic (exact) mass is 315 g/mol. The van der Waals surface area contributed by atoms with Crippen LogP contribution in [0.15, 0.2) is 41.0 Å². The van der Waals surface area contributed by atoms with Crippen LogP contribution in [0, 0.1) is 0 Å². The lowest BCUT2D eigenvalue weighted by atomic mass is 10.1. The van der Waals surface area contributed by atoms with Crippen LogP contribution in [0.5, 0.6) is 0 Å². The molecule has 0 saturated carbocycles. The number of hydrogen-bond donors (Lipinski definition) is 1. The smallest absolute Gasteiger partial charge is 0.226 e. The molecule has 2 heterocycles. The van der Waals surface area contributed by atoms with E-state index in [1.165, 1.54) is 0 Å². The van der Waals surface area contributed by atoms with Crippen LogP contribution in [0.3, 0.4) is 0 Å². The van der Waals surface area contributed by atoms with Crippen molar-refractivity contribution >= 4 is 0 Å². The maximum absolute atomic E-state index is 9.56. The Labute approximate surface area is 137 Å². The highest BCUT2D eigenvalue weighted by atomic mass is 16.3. The van der Waals surface area contributed by atoms with Gasteiger partial charge in [0.2, 0.25) is 5.89 Å². The molecule has 1 N–H and O–H groups in total. The molecule has 0 bridgehead atoms. The predicted octanol–water partition coefficient (Wildman–Crippen LogP) is 2.23. The molecular weight excluding hydrogens is 290 g/mol. The van der Waals surface area contributed by atoms with Crippen LogP contribution >= 0.6 is 0 Å². The highest BCUT2D eigenvalue weighted by molar-refractivity contribution is 5.52. The first-order chi connectivity index (χ1) is 11.1. The number of aliphatic hydroxyl groups is 1. The van der Waals surface area contributed by atoms with Gasteiger partial charge in [0.15, 0.2) is 0 Å². The average molecular weight is 315 g/mol. The molecule has 1 aliphatic heterocycles. The highest BCUT2D eigenvalue weighted by Gasteiger charge is 2.25. The maximum atomic E-state index is 9.56. The van der Waals surface area contributed by atoms with Gasteiger partial charge in [0.05, 0.1) is 11.8 Å². The Bertz CT molecular complexity index is 612. The number of β-amino-alcohol motifs (C(OH)–C–C–N with tert-alkyl or cyclic N) is 1. The molecule has 2 atom stereocenters. The first-order valence-electron chi connectivity index (χ1n) is 8.26. The van der Waals surface area contributed by atoms with E-state index < -0.39 is 0 Å². The van der Waals surface area contributed by atoms with Crippen molar-refractivity contribution in [3.63, 3.8) is 0 Å². The molecule has 1 saturated heterocycles. The third kappa shape index (κ3) is 4.19. The van der Waals surface area contributed by atoms with Crippen LogP contribution < -0.4 is 0 Å². The van der Waals surface area contributed by atoms with Gasteiger partial charge < -0.3 is 9.52 Å². The summed E-state index contributed by atoms with van der Waals surface area (Å²) in [5.41, 5.74) is 1.98. The second kappa shape index (κ2) is 7.25. The van der Waals surface area contributed by atoms with Gasteiger partial charge in [-0.2, -0.15) is 0 Å². The molecule has 5 heteroatoms. The van der Waals surface area contributed by atoms with E-state index >= 15 is 0 Å². The second-order valence-electron chi connectivity index (χ2n) is 6.44. The number of hydrogen-bond acceptors (Lipinski definition) is 5. The lowest BCUT2D eigenvalue weighted by molar-refractivity contribution is 0.0418. The Morgan fingerprint density at radius 3 is 2.78 bits per heavy atom. The van der Waals surface area contributed by atoms with Crippen molar-refractivity contribution in [1.82, 2.24) is 14.8 Å². The van der Waals surface area contributed by atoms with Crippen molar-refractivity contribution in [2.45, 2.75) is 32.5 Å². The Morgan fingerprint density at radius 2 is 2.09 bits per heavy atom. The third-order valence-electron chi connectivity index (χ3n) is 4.31. The van der Waals surface area contributed by atoms with Gasteiger partial charge in [-0.25, -0.2) is 4.98 Å². The molecular formula is C18H25N3O2. The fourth-order valence-corrected chi connectivity index (χ4v) is 3.15. The van der Waals surface area contributed by atoms with Crippen LogP contribution in [0.4, 0.5) is 0 Å². The predicted molar refractivity (Wildman–Crippen MR) is 89.9 cm³/mol. The van der Waals surface area contributed by atoms with E-state index in [9.17, 15) is 5.11 Å². The standard InChI is InChI=1S/C18H25N3O2/c1-14-10-20(8-9-21(14)11-15(2)22)12-17-13-23-18(19-17)16-6-4-3-5-7-16/h3-7,13-15,22H,8-12H2,1-2H3/t14-,15-/m1/s1. The molecule has 5 nitrogen and oxygen atoms in total. The zero-order chi connectivity index (χ0) is 16.2. The van der Waals surface area contributed by atoms with Gasteiger partial charge in [0.25, 0.3) is 0 Å².